The summed E-state index contributed by atoms with van der Waals surface area (Å²) in [5.41, 5.74) is 5.65. The normalized spacial score (nSPS) is 16.1. The Morgan fingerprint density at radius 3 is 2.45 bits per heavy atom. The largest absolute Gasteiger partial charge is 0.494 e. The molecular weight excluding hydrogens is 609 g/mol. The molecule has 4 aromatic rings. The molecule has 0 atom stereocenters. The summed E-state index contributed by atoms with van der Waals surface area (Å²) in [5, 5.41) is 7.38. The van der Waals surface area contributed by atoms with E-state index in [9.17, 15) is 4.57 Å². The molecule has 0 spiro atoms. The number of nitrogens with zero attached hydrogens (tertiary/aromatic N) is 7. The van der Waals surface area contributed by atoms with E-state index in [1.807, 2.05) is 12.1 Å². The SMILES string of the molecule is CC#Cc1cnc(Nc2cc(C)c(N3CCC(N4CC(N(C)C)C4)CC3)cc2OC)nc1Nc1ccc2nccnc2c1P(C)(C)=O. The molecule has 0 bridgehead atoms. The van der Waals surface area contributed by atoms with Crippen molar-refractivity contribution >= 4 is 52.3 Å². The van der Waals surface area contributed by atoms with Gasteiger partial charge in [-0.2, -0.15) is 4.98 Å². The Labute approximate surface area is 277 Å². The number of hydrogen-bond acceptors (Lipinski definition) is 11. The van der Waals surface area contributed by atoms with Gasteiger partial charge in [-0.1, -0.05) is 5.92 Å². The average Bonchev–Trinajstić information content (AvgIpc) is 3.01. The van der Waals surface area contributed by atoms with Crippen molar-refractivity contribution < 1.29 is 9.30 Å². The fourth-order valence-electron chi connectivity index (χ4n) is 6.55. The molecule has 2 aliphatic heterocycles. The molecule has 0 amide bonds. The molecule has 47 heavy (non-hydrogen) atoms. The molecule has 2 aliphatic rings. The van der Waals surface area contributed by atoms with Gasteiger partial charge < -0.3 is 29.7 Å². The number of methoxy groups -OCH3 is 1. The number of ether oxygens (including phenoxy) is 1. The van der Waals surface area contributed by atoms with Crippen LogP contribution in [-0.2, 0) is 4.57 Å². The Bertz CT molecular complexity index is 1880. The summed E-state index contributed by atoms with van der Waals surface area (Å²) in [6.45, 7) is 11.7. The van der Waals surface area contributed by atoms with Crippen LogP contribution in [0.4, 0.5) is 28.8 Å². The van der Waals surface area contributed by atoms with Crippen LogP contribution in [-0.4, -0.2) is 103 Å². The van der Waals surface area contributed by atoms with Crippen LogP contribution >= 0.6 is 7.14 Å². The number of piperidine rings is 1. The van der Waals surface area contributed by atoms with E-state index in [1.165, 1.54) is 18.8 Å². The number of likely N-dealkylation sites (N-methyl/N-ethyl adjacent to an activating group) is 1. The van der Waals surface area contributed by atoms with Crippen molar-refractivity contribution in [1.29, 1.82) is 0 Å². The minimum atomic E-state index is -2.77. The second kappa shape index (κ2) is 13.5. The van der Waals surface area contributed by atoms with Gasteiger partial charge in [-0.25, -0.2) is 4.98 Å². The second-order valence-corrected chi connectivity index (χ2v) is 16.1. The number of benzene rings is 2. The van der Waals surface area contributed by atoms with Crippen LogP contribution in [0.2, 0.25) is 0 Å². The van der Waals surface area contributed by atoms with Crippen LogP contribution in [0.25, 0.3) is 11.0 Å². The summed E-state index contributed by atoms with van der Waals surface area (Å²) in [5.74, 6) is 7.61. The molecular formula is C35H44N9O2P. The van der Waals surface area contributed by atoms with Crippen molar-refractivity contribution in [1.82, 2.24) is 29.7 Å². The molecule has 2 fully saturated rings. The molecule has 4 heterocycles. The van der Waals surface area contributed by atoms with E-state index in [1.54, 1.807) is 46.0 Å². The Kier molecular flexibility index (Phi) is 9.38. The zero-order valence-corrected chi connectivity index (χ0v) is 29.2. The summed E-state index contributed by atoms with van der Waals surface area (Å²) < 4.78 is 19.4. The zero-order valence-electron chi connectivity index (χ0n) is 28.3. The number of aryl methyl sites for hydroxylation is 1. The lowest BCUT2D eigenvalue weighted by molar-refractivity contribution is 0.0188. The van der Waals surface area contributed by atoms with Gasteiger partial charge in [0, 0.05) is 62.4 Å². The van der Waals surface area contributed by atoms with Gasteiger partial charge in [0.05, 0.1) is 41.1 Å². The molecule has 2 aromatic heterocycles. The van der Waals surface area contributed by atoms with Crippen LogP contribution in [0.3, 0.4) is 0 Å². The third-order valence-corrected chi connectivity index (χ3v) is 10.7. The van der Waals surface area contributed by atoms with Crippen LogP contribution in [0, 0.1) is 18.8 Å². The van der Waals surface area contributed by atoms with Gasteiger partial charge in [0.25, 0.3) is 0 Å². The van der Waals surface area contributed by atoms with Crippen LogP contribution in [0.1, 0.15) is 30.9 Å². The number of hydrogen-bond donors (Lipinski definition) is 2. The molecule has 0 unspecified atom stereocenters. The predicted octanol–water partition coefficient (Wildman–Crippen LogP) is 5.06. The first-order valence-electron chi connectivity index (χ1n) is 16.0. The number of rotatable bonds is 9. The fourth-order valence-corrected chi connectivity index (χ4v) is 7.94. The van der Waals surface area contributed by atoms with Crippen molar-refractivity contribution in [3.63, 3.8) is 0 Å². The first kappa shape index (κ1) is 32.7. The summed E-state index contributed by atoms with van der Waals surface area (Å²) >= 11 is 0. The van der Waals surface area contributed by atoms with E-state index in [0.29, 0.717) is 57.2 Å². The third-order valence-electron chi connectivity index (χ3n) is 9.16. The number of nitrogens with one attached hydrogen (secondary N) is 2. The second-order valence-electron chi connectivity index (χ2n) is 12.9. The molecule has 2 N–H and O–H groups in total. The summed E-state index contributed by atoms with van der Waals surface area (Å²) in [6.07, 6.45) is 7.25. The van der Waals surface area contributed by atoms with Crippen molar-refractivity contribution in [2.75, 3.05) is 76.2 Å². The average molecular weight is 654 g/mol. The molecule has 2 aromatic carbocycles. The topological polar surface area (TPSA) is 112 Å². The lowest BCUT2D eigenvalue weighted by Gasteiger charge is -2.49. The maximum absolute atomic E-state index is 13.5. The van der Waals surface area contributed by atoms with Gasteiger partial charge >= 0.3 is 0 Å². The lowest BCUT2D eigenvalue weighted by atomic mass is 9.96. The monoisotopic (exact) mass is 653 g/mol. The first-order valence-corrected chi connectivity index (χ1v) is 18.6. The van der Waals surface area contributed by atoms with E-state index < -0.39 is 7.14 Å². The highest BCUT2D eigenvalue weighted by molar-refractivity contribution is 7.71. The van der Waals surface area contributed by atoms with Gasteiger partial charge in [-0.3, -0.25) is 14.9 Å². The van der Waals surface area contributed by atoms with Crippen LogP contribution < -0.4 is 25.6 Å². The molecule has 6 rings (SSSR count). The standard InChI is InChI=1S/C35H44N9O2P/c1-8-9-24-20-38-35(41-34(24)39-28-11-10-27-32(37-15-14-36-27)33(28)47(6,7)45)40-29-18-23(2)30(19-31(29)46-5)43-16-12-25(13-17-43)44-21-26(22-44)42(3)4/h10-11,14-15,18-20,25-26H,12-13,16-17,21-22H2,1-7H3,(H2,38,39,40,41). The molecule has 0 aliphatic carbocycles. The van der Waals surface area contributed by atoms with E-state index in [-0.39, 0.29) is 0 Å². The maximum atomic E-state index is 13.5. The smallest absolute Gasteiger partial charge is 0.229 e. The minimum Gasteiger partial charge on any atom is -0.494 e. The molecule has 0 saturated carbocycles. The van der Waals surface area contributed by atoms with Gasteiger partial charge in [-0.15, -0.1) is 5.92 Å². The first-order chi connectivity index (χ1) is 22.5. The van der Waals surface area contributed by atoms with Gasteiger partial charge in [0.2, 0.25) is 5.95 Å². The van der Waals surface area contributed by atoms with Crippen molar-refractivity contribution in [2.24, 2.45) is 0 Å². The summed E-state index contributed by atoms with van der Waals surface area (Å²) in [4.78, 5) is 25.8. The summed E-state index contributed by atoms with van der Waals surface area (Å²) in [6, 6.07) is 9.27. The highest BCUT2D eigenvalue weighted by Crippen LogP contribution is 2.41. The highest BCUT2D eigenvalue weighted by Gasteiger charge is 2.35. The maximum Gasteiger partial charge on any atom is 0.229 e. The molecule has 2 saturated heterocycles. The number of likely N-dealkylation sites (tertiary alicyclic amines) is 1. The quantitative estimate of drug-likeness (QED) is 0.187. The van der Waals surface area contributed by atoms with Gasteiger partial charge in [-0.05, 0) is 77.9 Å². The van der Waals surface area contributed by atoms with E-state index in [4.69, 9.17) is 9.72 Å². The molecule has 12 heteroatoms. The zero-order chi connectivity index (χ0) is 33.3. The van der Waals surface area contributed by atoms with Crippen LogP contribution in [0.5, 0.6) is 5.75 Å². The van der Waals surface area contributed by atoms with Gasteiger partial charge in [0.1, 0.15) is 18.4 Å². The molecule has 11 nitrogen and oxygen atoms in total. The van der Waals surface area contributed by atoms with E-state index >= 15 is 0 Å². The van der Waals surface area contributed by atoms with Crippen molar-refractivity contribution in [3.05, 3.63) is 54.0 Å². The fraction of sp³-hybridized carbons (Fsp3) is 0.429. The van der Waals surface area contributed by atoms with E-state index in [0.717, 1.165) is 37.2 Å². The Balaban J connectivity index is 1.24. The molecule has 246 valence electrons. The Hall–Kier alpha value is -4.23. The minimum absolute atomic E-state index is 0.379. The third kappa shape index (κ3) is 6.91. The summed E-state index contributed by atoms with van der Waals surface area (Å²) in [7, 11) is 3.26. The van der Waals surface area contributed by atoms with E-state index in [2.05, 4.69) is 85.3 Å². The Morgan fingerprint density at radius 2 is 1.77 bits per heavy atom. The molecule has 0 radical (unpaired) electrons. The number of anilines is 5. The van der Waals surface area contributed by atoms with Crippen LogP contribution in [0.15, 0.2) is 42.9 Å². The highest BCUT2D eigenvalue weighted by atomic mass is 31.2. The number of fused-ring (bicyclic) bond motifs is 1. The van der Waals surface area contributed by atoms with Crippen molar-refractivity contribution in [3.8, 4) is 17.6 Å². The Morgan fingerprint density at radius 1 is 1.02 bits per heavy atom. The van der Waals surface area contributed by atoms with Crippen molar-refractivity contribution in [2.45, 2.75) is 38.8 Å². The van der Waals surface area contributed by atoms with Gasteiger partial charge in [0.15, 0.2) is 5.82 Å². The predicted molar refractivity (Wildman–Crippen MR) is 192 cm³/mol. The lowest BCUT2D eigenvalue weighted by Crippen LogP contribution is -2.62. The number of aromatic nitrogens is 4.